The van der Waals surface area contributed by atoms with Gasteiger partial charge in [-0.05, 0) is 37.4 Å². The molecule has 1 aromatic heterocycles. The van der Waals surface area contributed by atoms with E-state index in [4.69, 9.17) is 10.7 Å². The Labute approximate surface area is 119 Å². The van der Waals surface area contributed by atoms with Crippen LogP contribution in [0.1, 0.15) is 12.8 Å². The van der Waals surface area contributed by atoms with Gasteiger partial charge in [-0.25, -0.2) is 4.98 Å². The molecule has 5 heteroatoms. The average Bonchev–Trinajstić information content (AvgIpc) is 2.47. The van der Waals surface area contributed by atoms with Crippen LogP contribution in [0.15, 0.2) is 30.5 Å². The van der Waals surface area contributed by atoms with E-state index in [0.29, 0.717) is 5.92 Å². The van der Waals surface area contributed by atoms with Gasteiger partial charge in [0.15, 0.2) is 0 Å². The van der Waals surface area contributed by atoms with Crippen LogP contribution in [-0.4, -0.2) is 29.6 Å². The van der Waals surface area contributed by atoms with E-state index in [1.807, 2.05) is 30.5 Å². The second kappa shape index (κ2) is 6.17. The van der Waals surface area contributed by atoms with E-state index < -0.39 is 0 Å². The van der Waals surface area contributed by atoms with Gasteiger partial charge in [-0.15, -0.1) is 12.4 Å². The molecule has 19 heavy (non-hydrogen) atoms. The SMILES string of the molecule is Cl.NCC1CCCN(c2cnc3ccccc3n2)C1. The highest BCUT2D eigenvalue weighted by Crippen LogP contribution is 2.22. The number of benzene rings is 1. The maximum Gasteiger partial charge on any atom is 0.147 e. The average molecular weight is 279 g/mol. The Kier molecular flexibility index (Phi) is 4.56. The van der Waals surface area contributed by atoms with Gasteiger partial charge in [0.2, 0.25) is 0 Å². The van der Waals surface area contributed by atoms with Gasteiger partial charge in [0.25, 0.3) is 0 Å². The molecule has 2 aromatic rings. The Balaban J connectivity index is 0.00000133. The van der Waals surface area contributed by atoms with E-state index in [9.17, 15) is 0 Å². The van der Waals surface area contributed by atoms with Crippen LogP contribution in [0.5, 0.6) is 0 Å². The predicted molar refractivity (Wildman–Crippen MR) is 80.8 cm³/mol. The van der Waals surface area contributed by atoms with E-state index in [0.717, 1.165) is 36.5 Å². The fraction of sp³-hybridized carbons (Fsp3) is 0.429. The molecule has 3 rings (SSSR count). The van der Waals surface area contributed by atoms with Gasteiger partial charge in [-0.1, -0.05) is 12.1 Å². The van der Waals surface area contributed by atoms with Crippen LogP contribution in [0, 0.1) is 5.92 Å². The molecule has 0 bridgehead atoms. The maximum absolute atomic E-state index is 5.77. The molecule has 0 saturated carbocycles. The quantitative estimate of drug-likeness (QED) is 0.915. The van der Waals surface area contributed by atoms with E-state index in [2.05, 4.69) is 9.88 Å². The second-order valence-corrected chi connectivity index (χ2v) is 4.91. The minimum Gasteiger partial charge on any atom is -0.355 e. The van der Waals surface area contributed by atoms with Crippen molar-refractivity contribution >= 4 is 29.3 Å². The number of fused-ring (bicyclic) bond motifs is 1. The summed E-state index contributed by atoms with van der Waals surface area (Å²) < 4.78 is 0. The molecule has 2 N–H and O–H groups in total. The van der Waals surface area contributed by atoms with Crippen molar-refractivity contribution in [1.29, 1.82) is 0 Å². The number of nitrogens with zero attached hydrogens (tertiary/aromatic N) is 3. The Hall–Kier alpha value is -1.39. The summed E-state index contributed by atoms with van der Waals surface area (Å²) in [6, 6.07) is 7.99. The summed E-state index contributed by atoms with van der Waals surface area (Å²) in [5.41, 5.74) is 7.69. The van der Waals surface area contributed by atoms with Gasteiger partial charge in [0.05, 0.1) is 17.2 Å². The van der Waals surface area contributed by atoms with Crippen molar-refractivity contribution in [3.8, 4) is 0 Å². The normalized spacial score (nSPS) is 19.2. The highest BCUT2D eigenvalue weighted by atomic mass is 35.5. The van der Waals surface area contributed by atoms with Crippen molar-refractivity contribution in [2.45, 2.75) is 12.8 Å². The van der Waals surface area contributed by atoms with Crippen molar-refractivity contribution in [2.24, 2.45) is 11.7 Å². The first-order valence-electron chi connectivity index (χ1n) is 6.53. The Bertz CT molecular complexity index is 546. The highest BCUT2D eigenvalue weighted by molar-refractivity contribution is 5.85. The molecular weight excluding hydrogens is 260 g/mol. The Morgan fingerprint density at radius 1 is 1.26 bits per heavy atom. The lowest BCUT2D eigenvalue weighted by molar-refractivity contribution is 0.421. The standard InChI is InChI=1S/C14H18N4.ClH/c15-8-11-4-3-7-18(10-11)14-9-16-12-5-1-2-6-13(12)17-14;/h1-2,5-6,9,11H,3-4,7-8,10,15H2;1H. The number of piperidine rings is 1. The molecule has 1 aliphatic heterocycles. The molecule has 1 atom stereocenters. The minimum atomic E-state index is 0. The van der Waals surface area contributed by atoms with Crippen LogP contribution < -0.4 is 10.6 Å². The molecule has 0 amide bonds. The first-order valence-corrected chi connectivity index (χ1v) is 6.53. The molecule has 1 saturated heterocycles. The number of hydrogen-bond acceptors (Lipinski definition) is 4. The maximum atomic E-state index is 5.77. The summed E-state index contributed by atoms with van der Waals surface area (Å²) in [6.45, 7) is 2.82. The van der Waals surface area contributed by atoms with E-state index in [1.165, 1.54) is 12.8 Å². The second-order valence-electron chi connectivity index (χ2n) is 4.91. The summed E-state index contributed by atoms with van der Waals surface area (Å²) >= 11 is 0. The lowest BCUT2D eigenvalue weighted by atomic mass is 9.98. The van der Waals surface area contributed by atoms with Crippen LogP contribution in [-0.2, 0) is 0 Å². The van der Waals surface area contributed by atoms with Crippen LogP contribution in [0.3, 0.4) is 0 Å². The molecular formula is C14H19ClN4. The fourth-order valence-electron chi connectivity index (χ4n) is 2.57. The zero-order valence-corrected chi connectivity index (χ0v) is 11.6. The third kappa shape index (κ3) is 2.96. The highest BCUT2D eigenvalue weighted by Gasteiger charge is 2.20. The molecule has 0 aliphatic carbocycles. The first-order chi connectivity index (χ1) is 8.86. The number of aromatic nitrogens is 2. The predicted octanol–water partition coefficient (Wildman–Crippen LogP) is 2.23. The Morgan fingerprint density at radius 3 is 2.84 bits per heavy atom. The summed E-state index contributed by atoms with van der Waals surface area (Å²) in [5, 5.41) is 0. The van der Waals surface area contributed by atoms with E-state index in [1.54, 1.807) is 0 Å². The zero-order chi connectivity index (χ0) is 12.4. The van der Waals surface area contributed by atoms with Crippen molar-refractivity contribution in [2.75, 3.05) is 24.5 Å². The molecule has 0 spiro atoms. The van der Waals surface area contributed by atoms with Crippen LogP contribution in [0.25, 0.3) is 11.0 Å². The molecule has 1 aliphatic rings. The molecule has 0 radical (unpaired) electrons. The third-order valence-corrected chi connectivity index (χ3v) is 3.61. The van der Waals surface area contributed by atoms with Gasteiger partial charge in [-0.2, -0.15) is 0 Å². The number of anilines is 1. The van der Waals surface area contributed by atoms with Gasteiger partial charge in [0.1, 0.15) is 5.82 Å². The summed E-state index contributed by atoms with van der Waals surface area (Å²) in [5.74, 6) is 1.57. The van der Waals surface area contributed by atoms with Crippen molar-refractivity contribution in [3.63, 3.8) is 0 Å². The van der Waals surface area contributed by atoms with Crippen LogP contribution in [0.2, 0.25) is 0 Å². The minimum absolute atomic E-state index is 0. The topological polar surface area (TPSA) is 55.0 Å². The largest absolute Gasteiger partial charge is 0.355 e. The Morgan fingerprint density at radius 2 is 2.05 bits per heavy atom. The summed E-state index contributed by atoms with van der Waals surface area (Å²) in [4.78, 5) is 11.5. The lowest BCUT2D eigenvalue weighted by Crippen LogP contribution is -2.38. The van der Waals surface area contributed by atoms with Gasteiger partial charge >= 0.3 is 0 Å². The smallest absolute Gasteiger partial charge is 0.147 e. The number of rotatable bonds is 2. The van der Waals surface area contributed by atoms with Crippen molar-refractivity contribution in [1.82, 2.24) is 9.97 Å². The van der Waals surface area contributed by atoms with Crippen LogP contribution >= 0.6 is 12.4 Å². The van der Waals surface area contributed by atoms with Gasteiger partial charge in [0, 0.05) is 13.1 Å². The van der Waals surface area contributed by atoms with Crippen molar-refractivity contribution in [3.05, 3.63) is 30.5 Å². The van der Waals surface area contributed by atoms with E-state index >= 15 is 0 Å². The zero-order valence-electron chi connectivity index (χ0n) is 10.8. The molecule has 1 aromatic carbocycles. The molecule has 2 heterocycles. The number of para-hydroxylation sites is 2. The molecule has 1 fully saturated rings. The third-order valence-electron chi connectivity index (χ3n) is 3.61. The number of nitrogens with two attached hydrogens (primary N) is 1. The molecule has 1 unspecified atom stereocenters. The number of hydrogen-bond donors (Lipinski definition) is 1. The van der Waals surface area contributed by atoms with Gasteiger partial charge < -0.3 is 10.6 Å². The first kappa shape index (κ1) is 14.0. The van der Waals surface area contributed by atoms with Gasteiger partial charge in [-0.3, -0.25) is 4.98 Å². The summed E-state index contributed by atoms with van der Waals surface area (Å²) in [7, 11) is 0. The monoisotopic (exact) mass is 278 g/mol. The molecule has 4 nitrogen and oxygen atoms in total. The van der Waals surface area contributed by atoms with Crippen molar-refractivity contribution < 1.29 is 0 Å². The lowest BCUT2D eigenvalue weighted by Gasteiger charge is -2.32. The van der Waals surface area contributed by atoms with E-state index in [-0.39, 0.29) is 12.4 Å². The number of halogens is 1. The fourth-order valence-corrected chi connectivity index (χ4v) is 2.57. The molecule has 102 valence electrons. The van der Waals surface area contributed by atoms with Crippen LogP contribution in [0.4, 0.5) is 5.82 Å². The summed E-state index contributed by atoms with van der Waals surface area (Å²) in [6.07, 6.45) is 4.30.